The summed E-state index contributed by atoms with van der Waals surface area (Å²) in [5.74, 6) is 0. The molecular formula is C15H30N2. The molecule has 0 aromatic heterocycles. The van der Waals surface area contributed by atoms with Crippen LogP contribution in [0.2, 0.25) is 0 Å². The van der Waals surface area contributed by atoms with E-state index in [1.807, 2.05) is 0 Å². The number of nitrogens with zero attached hydrogens (tertiary/aromatic N) is 1. The molecule has 17 heavy (non-hydrogen) atoms. The molecule has 0 aliphatic carbocycles. The largest absolute Gasteiger partial charge is 0.315 e. The Morgan fingerprint density at radius 1 is 1.12 bits per heavy atom. The highest BCUT2D eigenvalue weighted by Crippen LogP contribution is 2.41. The zero-order valence-electron chi connectivity index (χ0n) is 11.8. The average molecular weight is 238 g/mol. The highest BCUT2D eigenvalue weighted by atomic mass is 15.2. The predicted molar refractivity (Wildman–Crippen MR) is 74.3 cm³/mol. The number of hydrogen-bond donors (Lipinski definition) is 1. The van der Waals surface area contributed by atoms with Crippen molar-refractivity contribution in [2.24, 2.45) is 5.41 Å². The molecule has 2 aliphatic heterocycles. The van der Waals surface area contributed by atoms with Gasteiger partial charge in [0.15, 0.2) is 0 Å². The summed E-state index contributed by atoms with van der Waals surface area (Å²) >= 11 is 0. The molecule has 100 valence electrons. The second-order valence-corrected chi connectivity index (χ2v) is 6.26. The van der Waals surface area contributed by atoms with Crippen molar-refractivity contribution in [1.82, 2.24) is 10.2 Å². The summed E-state index contributed by atoms with van der Waals surface area (Å²) in [4.78, 5) is 2.75. The maximum absolute atomic E-state index is 3.60. The number of hydrogen-bond acceptors (Lipinski definition) is 2. The van der Waals surface area contributed by atoms with Gasteiger partial charge in [-0.05, 0) is 37.6 Å². The van der Waals surface area contributed by atoms with Gasteiger partial charge < -0.3 is 5.32 Å². The minimum Gasteiger partial charge on any atom is -0.315 e. The van der Waals surface area contributed by atoms with E-state index in [0.717, 1.165) is 6.04 Å². The van der Waals surface area contributed by atoms with Crippen molar-refractivity contribution >= 4 is 0 Å². The second-order valence-electron chi connectivity index (χ2n) is 6.26. The minimum atomic E-state index is 0.690. The molecule has 0 amide bonds. The summed E-state index contributed by atoms with van der Waals surface area (Å²) in [5.41, 5.74) is 0.690. The lowest BCUT2D eigenvalue weighted by molar-refractivity contribution is -0.0444. The molecular weight excluding hydrogens is 208 g/mol. The molecule has 0 aromatic rings. The van der Waals surface area contributed by atoms with Gasteiger partial charge in [-0.2, -0.15) is 0 Å². The van der Waals surface area contributed by atoms with Gasteiger partial charge in [-0.1, -0.05) is 33.1 Å². The molecule has 2 rings (SSSR count). The van der Waals surface area contributed by atoms with Gasteiger partial charge in [-0.15, -0.1) is 0 Å². The predicted octanol–water partition coefficient (Wildman–Crippen LogP) is 3.03. The Labute approximate surface area is 107 Å². The molecule has 2 heteroatoms. The number of nitrogens with one attached hydrogen (secondary N) is 1. The zero-order chi connectivity index (χ0) is 12.1. The molecule has 1 N–H and O–H groups in total. The van der Waals surface area contributed by atoms with Crippen LogP contribution in [-0.2, 0) is 0 Å². The van der Waals surface area contributed by atoms with Crippen LogP contribution in [0, 0.1) is 5.41 Å². The molecule has 0 bridgehead atoms. The molecule has 2 nitrogen and oxygen atoms in total. The van der Waals surface area contributed by atoms with Gasteiger partial charge in [0.2, 0.25) is 0 Å². The first-order valence-corrected chi connectivity index (χ1v) is 7.74. The summed E-state index contributed by atoms with van der Waals surface area (Å²) in [6.45, 7) is 9.90. The minimum absolute atomic E-state index is 0.690. The van der Waals surface area contributed by atoms with Crippen molar-refractivity contribution in [3.05, 3.63) is 0 Å². The topological polar surface area (TPSA) is 15.3 Å². The summed E-state index contributed by atoms with van der Waals surface area (Å²) in [7, 11) is 0. The van der Waals surface area contributed by atoms with Gasteiger partial charge >= 0.3 is 0 Å². The van der Waals surface area contributed by atoms with Gasteiger partial charge in [0, 0.05) is 25.7 Å². The van der Waals surface area contributed by atoms with Crippen molar-refractivity contribution in [1.29, 1.82) is 0 Å². The summed E-state index contributed by atoms with van der Waals surface area (Å²) < 4.78 is 0. The van der Waals surface area contributed by atoms with Crippen LogP contribution in [-0.4, -0.2) is 37.1 Å². The van der Waals surface area contributed by atoms with E-state index in [4.69, 9.17) is 0 Å². The Morgan fingerprint density at radius 3 is 2.47 bits per heavy atom. The van der Waals surface area contributed by atoms with Crippen LogP contribution in [0.1, 0.15) is 58.8 Å². The summed E-state index contributed by atoms with van der Waals surface area (Å²) in [6.07, 6.45) is 9.81. The van der Waals surface area contributed by atoms with Gasteiger partial charge in [-0.3, -0.25) is 4.90 Å². The van der Waals surface area contributed by atoms with E-state index in [-0.39, 0.29) is 0 Å². The molecule has 2 aliphatic rings. The Kier molecular flexibility index (Phi) is 4.87. The average Bonchev–Trinajstić information content (AvgIpc) is 2.54. The van der Waals surface area contributed by atoms with E-state index in [0.29, 0.717) is 5.41 Å². The lowest BCUT2D eigenvalue weighted by atomic mass is 9.72. The first-order chi connectivity index (χ1) is 8.29. The zero-order valence-corrected chi connectivity index (χ0v) is 11.8. The molecule has 0 saturated carbocycles. The van der Waals surface area contributed by atoms with E-state index in [1.165, 1.54) is 71.1 Å². The standard InChI is InChI=1S/C15H30N2/c1-3-8-15(9-4-2)12-17(13-15)14-7-5-6-10-16-11-14/h14,16H,3-13H2,1-2H3. The van der Waals surface area contributed by atoms with Crippen LogP contribution >= 0.6 is 0 Å². The fraction of sp³-hybridized carbons (Fsp3) is 1.00. The molecule has 2 saturated heterocycles. The monoisotopic (exact) mass is 238 g/mol. The van der Waals surface area contributed by atoms with E-state index >= 15 is 0 Å². The normalized spacial score (nSPS) is 29.6. The van der Waals surface area contributed by atoms with Gasteiger partial charge in [-0.25, -0.2) is 0 Å². The third-order valence-electron chi connectivity index (χ3n) is 4.67. The smallest absolute Gasteiger partial charge is 0.0221 e. The molecule has 0 spiro atoms. The fourth-order valence-electron chi connectivity index (χ4n) is 3.89. The molecule has 0 aromatic carbocycles. The van der Waals surface area contributed by atoms with Crippen molar-refractivity contribution in [2.45, 2.75) is 64.8 Å². The molecule has 0 radical (unpaired) electrons. The first-order valence-electron chi connectivity index (χ1n) is 7.74. The van der Waals surface area contributed by atoms with Crippen LogP contribution in [0.5, 0.6) is 0 Å². The van der Waals surface area contributed by atoms with Crippen LogP contribution in [0.25, 0.3) is 0 Å². The highest BCUT2D eigenvalue weighted by molar-refractivity contribution is 4.97. The Bertz CT molecular complexity index is 205. The van der Waals surface area contributed by atoms with E-state index in [9.17, 15) is 0 Å². The maximum Gasteiger partial charge on any atom is 0.0221 e. The lowest BCUT2D eigenvalue weighted by Gasteiger charge is -2.54. The summed E-state index contributed by atoms with van der Waals surface area (Å²) in [5, 5.41) is 3.60. The first kappa shape index (κ1) is 13.4. The molecule has 2 heterocycles. The molecule has 1 atom stereocenters. The number of rotatable bonds is 5. The maximum atomic E-state index is 3.60. The van der Waals surface area contributed by atoms with Crippen molar-refractivity contribution < 1.29 is 0 Å². The van der Waals surface area contributed by atoms with Crippen LogP contribution in [0.15, 0.2) is 0 Å². The lowest BCUT2D eigenvalue weighted by Crippen LogP contribution is -2.61. The Hall–Kier alpha value is -0.0800. The fourth-order valence-corrected chi connectivity index (χ4v) is 3.89. The Balaban J connectivity index is 1.82. The summed E-state index contributed by atoms with van der Waals surface area (Å²) in [6, 6.07) is 0.833. The van der Waals surface area contributed by atoms with Crippen molar-refractivity contribution in [3.8, 4) is 0 Å². The third-order valence-corrected chi connectivity index (χ3v) is 4.67. The second kappa shape index (κ2) is 6.19. The third kappa shape index (κ3) is 3.23. The number of likely N-dealkylation sites (tertiary alicyclic amines) is 1. The quantitative estimate of drug-likeness (QED) is 0.792. The van der Waals surface area contributed by atoms with Crippen LogP contribution in [0.4, 0.5) is 0 Å². The van der Waals surface area contributed by atoms with Crippen LogP contribution < -0.4 is 5.32 Å². The van der Waals surface area contributed by atoms with Gasteiger partial charge in [0.25, 0.3) is 0 Å². The van der Waals surface area contributed by atoms with Gasteiger partial charge in [0.1, 0.15) is 0 Å². The van der Waals surface area contributed by atoms with E-state index in [1.54, 1.807) is 0 Å². The van der Waals surface area contributed by atoms with Crippen LogP contribution in [0.3, 0.4) is 0 Å². The van der Waals surface area contributed by atoms with Gasteiger partial charge in [0.05, 0.1) is 0 Å². The Morgan fingerprint density at radius 2 is 1.82 bits per heavy atom. The van der Waals surface area contributed by atoms with Crippen molar-refractivity contribution in [3.63, 3.8) is 0 Å². The van der Waals surface area contributed by atoms with E-state index < -0.39 is 0 Å². The molecule has 2 fully saturated rings. The van der Waals surface area contributed by atoms with E-state index in [2.05, 4.69) is 24.1 Å². The highest BCUT2D eigenvalue weighted by Gasteiger charge is 2.43. The SMILES string of the molecule is CCCC1(CCC)CN(C2CCCCNC2)C1. The molecule has 1 unspecified atom stereocenters. The van der Waals surface area contributed by atoms with Crippen molar-refractivity contribution in [2.75, 3.05) is 26.2 Å².